The van der Waals surface area contributed by atoms with Crippen LogP contribution in [0.15, 0.2) is 0 Å². The van der Waals surface area contributed by atoms with Crippen LogP contribution in [0.1, 0.15) is 75.2 Å². The molecule has 0 bridgehead atoms. The van der Waals surface area contributed by atoms with E-state index < -0.39 is 68.6 Å². The van der Waals surface area contributed by atoms with Crippen molar-refractivity contribution >= 4 is 39.4 Å². The molecule has 1 heterocycles. The quantitative estimate of drug-likeness (QED) is 0.299. The van der Waals surface area contributed by atoms with Gasteiger partial charge in [-0.25, -0.2) is 13.2 Å². The summed E-state index contributed by atoms with van der Waals surface area (Å²) in [6.45, 7) is 16.5. The molecular weight excluding hydrogens is 552 g/mol. The van der Waals surface area contributed by atoms with Gasteiger partial charge in [0.2, 0.25) is 17.6 Å². The average Bonchev–Trinajstić information content (AvgIpc) is 3.13. The van der Waals surface area contributed by atoms with Crippen molar-refractivity contribution in [3.05, 3.63) is 0 Å². The molecule has 12 nitrogen and oxygen atoms in total. The van der Waals surface area contributed by atoms with E-state index in [0.717, 1.165) is 6.26 Å². The fraction of sp³-hybridized carbons (Fsp3) is 0.821. The molecule has 0 spiro atoms. The minimum atomic E-state index is -3.33. The molecule has 5 unspecified atom stereocenters. The zero-order valence-corrected chi connectivity index (χ0v) is 26.9. The summed E-state index contributed by atoms with van der Waals surface area (Å²) in [5.41, 5.74) is -1.68. The van der Waals surface area contributed by atoms with Crippen LogP contribution in [0.5, 0.6) is 0 Å². The highest BCUT2D eigenvalue weighted by Crippen LogP contribution is 2.65. The van der Waals surface area contributed by atoms with Crippen molar-refractivity contribution in [1.29, 1.82) is 0 Å². The highest BCUT2D eigenvalue weighted by atomic mass is 32.2. The Hall–Kier alpha value is -2.70. The molecule has 1 aliphatic carbocycles. The van der Waals surface area contributed by atoms with E-state index in [4.69, 9.17) is 4.74 Å². The van der Waals surface area contributed by atoms with Crippen LogP contribution in [0.4, 0.5) is 4.79 Å². The SMILES string of the molecule is CCCC(NC(=O)C1C2C(CN1C(=O)C(NC(=O)OC(C)(C)C)C(C)(C)C)C2(C)C)C(=O)C(=O)NCCS(C)(=O)=O. The Kier molecular flexibility index (Phi) is 10.3. The molecule has 2 rings (SSSR count). The van der Waals surface area contributed by atoms with Gasteiger partial charge in [0.15, 0.2) is 0 Å². The average molecular weight is 601 g/mol. The van der Waals surface area contributed by atoms with Gasteiger partial charge >= 0.3 is 6.09 Å². The highest BCUT2D eigenvalue weighted by molar-refractivity contribution is 7.90. The number of hydrogen-bond acceptors (Lipinski definition) is 8. The van der Waals surface area contributed by atoms with Gasteiger partial charge in [0, 0.05) is 19.3 Å². The summed E-state index contributed by atoms with van der Waals surface area (Å²) in [5, 5.41) is 7.70. The minimum Gasteiger partial charge on any atom is -0.444 e. The summed E-state index contributed by atoms with van der Waals surface area (Å²) in [5.74, 6) is -3.25. The summed E-state index contributed by atoms with van der Waals surface area (Å²) in [6, 6.07) is -3.02. The van der Waals surface area contributed by atoms with Crippen molar-refractivity contribution in [2.24, 2.45) is 22.7 Å². The Morgan fingerprint density at radius 2 is 1.61 bits per heavy atom. The van der Waals surface area contributed by atoms with Crippen LogP contribution < -0.4 is 16.0 Å². The number of ketones is 1. The van der Waals surface area contributed by atoms with E-state index in [1.165, 1.54) is 4.90 Å². The second-order valence-electron chi connectivity index (χ2n) is 13.9. The molecule has 2 fully saturated rings. The van der Waals surface area contributed by atoms with E-state index in [0.29, 0.717) is 13.0 Å². The number of sulfone groups is 1. The molecule has 3 N–H and O–H groups in total. The first kappa shape index (κ1) is 34.5. The summed E-state index contributed by atoms with van der Waals surface area (Å²) in [4.78, 5) is 67.2. The molecule has 1 saturated carbocycles. The van der Waals surface area contributed by atoms with Crippen molar-refractivity contribution in [1.82, 2.24) is 20.9 Å². The molecule has 0 aromatic carbocycles. The van der Waals surface area contributed by atoms with Crippen molar-refractivity contribution in [2.45, 2.75) is 98.9 Å². The van der Waals surface area contributed by atoms with E-state index >= 15 is 0 Å². The minimum absolute atomic E-state index is 0.0592. The van der Waals surface area contributed by atoms with E-state index in [-0.39, 0.29) is 36.0 Å². The number of alkyl carbamates (subject to hydrolysis) is 1. The summed E-state index contributed by atoms with van der Waals surface area (Å²) < 4.78 is 28.1. The number of nitrogens with zero attached hydrogens (tertiary/aromatic N) is 1. The van der Waals surface area contributed by atoms with Crippen LogP contribution in [-0.4, -0.2) is 91.7 Å². The number of piperidine rings is 1. The molecule has 5 atom stereocenters. The predicted molar refractivity (Wildman–Crippen MR) is 153 cm³/mol. The predicted octanol–water partition coefficient (Wildman–Crippen LogP) is 1.42. The van der Waals surface area contributed by atoms with Crippen molar-refractivity contribution < 1.29 is 37.1 Å². The fourth-order valence-corrected chi connectivity index (χ4v) is 5.94. The lowest BCUT2D eigenvalue weighted by molar-refractivity contribution is -0.145. The topological polar surface area (TPSA) is 168 Å². The maximum Gasteiger partial charge on any atom is 0.408 e. The Bertz CT molecular complexity index is 1150. The molecule has 0 radical (unpaired) electrons. The van der Waals surface area contributed by atoms with Gasteiger partial charge in [0.25, 0.3) is 5.91 Å². The lowest BCUT2D eigenvalue weighted by Crippen LogP contribution is -2.60. The maximum atomic E-state index is 13.9. The third-order valence-corrected chi connectivity index (χ3v) is 8.67. The Morgan fingerprint density at radius 3 is 2.10 bits per heavy atom. The van der Waals surface area contributed by atoms with Gasteiger partial charge in [0.1, 0.15) is 27.5 Å². The Balaban J connectivity index is 2.26. The summed E-state index contributed by atoms with van der Waals surface area (Å²) >= 11 is 0. The van der Waals surface area contributed by atoms with Crippen molar-refractivity contribution in [2.75, 3.05) is 25.1 Å². The van der Waals surface area contributed by atoms with Crippen molar-refractivity contribution in [3.8, 4) is 0 Å². The zero-order valence-electron chi connectivity index (χ0n) is 26.0. The summed E-state index contributed by atoms with van der Waals surface area (Å²) in [6.07, 6.45) is 0.958. The maximum absolute atomic E-state index is 13.9. The van der Waals surface area contributed by atoms with Crippen molar-refractivity contribution in [3.63, 3.8) is 0 Å². The van der Waals surface area contributed by atoms with Crippen LogP contribution in [0.2, 0.25) is 0 Å². The van der Waals surface area contributed by atoms with Gasteiger partial charge < -0.3 is 25.6 Å². The molecule has 1 aliphatic heterocycles. The van der Waals surface area contributed by atoms with Crippen LogP contribution in [0.3, 0.4) is 0 Å². The van der Waals surface area contributed by atoms with E-state index in [1.807, 2.05) is 13.8 Å². The monoisotopic (exact) mass is 600 g/mol. The first-order chi connectivity index (χ1) is 18.5. The first-order valence-electron chi connectivity index (χ1n) is 14.1. The lowest BCUT2D eigenvalue weighted by Gasteiger charge is -2.38. The molecule has 0 aromatic heterocycles. The Labute approximate surface area is 244 Å². The second kappa shape index (κ2) is 12.3. The number of carbonyl (C=O) groups is 5. The summed E-state index contributed by atoms with van der Waals surface area (Å²) in [7, 11) is -3.33. The molecule has 0 aromatic rings. The number of nitrogens with one attached hydrogen (secondary N) is 3. The normalized spacial score (nSPS) is 23.1. The second-order valence-corrected chi connectivity index (χ2v) is 16.2. The number of amides is 4. The number of Topliss-reactive ketones (excluding diaryl/α,β-unsaturated/α-hetero) is 1. The van der Waals surface area contributed by atoms with Gasteiger partial charge in [-0.2, -0.15) is 0 Å². The smallest absolute Gasteiger partial charge is 0.408 e. The largest absolute Gasteiger partial charge is 0.444 e. The third kappa shape index (κ3) is 8.89. The standard InChI is InChI=1S/C28H48N4O8S/c1-11-12-17(20(33)23(35)29-13-14-41(10,38)39)30-22(34)19-18-16(28(18,8)9)15-32(19)24(36)21(26(2,3)4)31-25(37)40-27(5,6)7/h16-19,21H,11-15H2,1-10H3,(H,29,35)(H,30,34)(H,31,37). The highest BCUT2D eigenvalue weighted by Gasteiger charge is 2.70. The molecule has 234 valence electrons. The van der Waals surface area contributed by atoms with Gasteiger partial charge in [-0.05, 0) is 49.9 Å². The molecule has 2 aliphatic rings. The van der Waals surface area contributed by atoms with Gasteiger partial charge in [-0.15, -0.1) is 0 Å². The van der Waals surface area contributed by atoms with E-state index in [2.05, 4.69) is 16.0 Å². The Morgan fingerprint density at radius 1 is 1.02 bits per heavy atom. The molecule has 1 saturated heterocycles. The van der Waals surface area contributed by atoms with Crippen LogP contribution in [0.25, 0.3) is 0 Å². The molecular formula is C28H48N4O8S. The van der Waals surface area contributed by atoms with Crippen LogP contribution >= 0.6 is 0 Å². The van der Waals surface area contributed by atoms with Gasteiger partial charge in [-0.3, -0.25) is 19.2 Å². The lowest BCUT2D eigenvalue weighted by atomic mass is 9.85. The molecule has 13 heteroatoms. The van der Waals surface area contributed by atoms with E-state index in [9.17, 15) is 32.4 Å². The van der Waals surface area contributed by atoms with Gasteiger partial charge in [0.05, 0.1) is 11.8 Å². The number of fused-ring (bicyclic) bond motifs is 1. The van der Waals surface area contributed by atoms with Crippen LogP contribution in [-0.2, 0) is 33.8 Å². The number of likely N-dealkylation sites (tertiary alicyclic amines) is 1. The third-order valence-electron chi connectivity index (χ3n) is 7.73. The zero-order chi connectivity index (χ0) is 31.7. The van der Waals surface area contributed by atoms with Gasteiger partial charge in [-0.1, -0.05) is 48.0 Å². The molecule has 4 amide bonds. The first-order valence-corrected chi connectivity index (χ1v) is 16.2. The number of carbonyl (C=O) groups excluding carboxylic acids is 5. The fourth-order valence-electron chi connectivity index (χ4n) is 5.46. The number of rotatable bonds is 11. The number of hydrogen-bond donors (Lipinski definition) is 3. The van der Waals surface area contributed by atoms with Crippen LogP contribution in [0, 0.1) is 22.7 Å². The number of ether oxygens (including phenoxy) is 1. The molecule has 41 heavy (non-hydrogen) atoms. The van der Waals surface area contributed by atoms with E-state index in [1.54, 1.807) is 48.5 Å².